The number of hydrogen-bond donors (Lipinski definition) is 2. The van der Waals surface area contributed by atoms with E-state index in [4.69, 9.17) is 4.74 Å². The van der Waals surface area contributed by atoms with Crippen molar-refractivity contribution in [1.29, 1.82) is 0 Å². The number of anilines is 1. The van der Waals surface area contributed by atoms with Gasteiger partial charge in [0, 0.05) is 10.4 Å². The van der Waals surface area contributed by atoms with Gasteiger partial charge in [0.25, 0.3) is 0 Å². The Kier molecular flexibility index (Phi) is 7.10. The summed E-state index contributed by atoms with van der Waals surface area (Å²) in [7, 11) is -3.07. The number of nitrogens with one attached hydrogen (secondary N) is 2. The topological polar surface area (TPSA) is 97.4 Å². The fourth-order valence-corrected chi connectivity index (χ4v) is 5.23. The van der Waals surface area contributed by atoms with Crippen LogP contribution in [0.3, 0.4) is 0 Å². The first-order valence-corrected chi connectivity index (χ1v) is 11.8. The van der Waals surface area contributed by atoms with Gasteiger partial charge in [-0.3, -0.25) is 4.79 Å². The smallest absolute Gasteiger partial charge is 0.417 e. The zero-order valence-corrected chi connectivity index (χ0v) is 19.4. The molecule has 12 heteroatoms. The average Bonchev–Trinajstić information content (AvgIpc) is 3.12. The molecule has 176 valence electrons. The number of halogens is 3. The summed E-state index contributed by atoms with van der Waals surface area (Å²) in [6.45, 7) is 3.04. The molecule has 0 aliphatic heterocycles. The molecule has 0 saturated heterocycles. The molecule has 0 aliphatic rings. The third-order valence-corrected chi connectivity index (χ3v) is 7.08. The molecule has 0 fully saturated rings. The Balaban J connectivity index is 1.75. The van der Waals surface area contributed by atoms with Crippen LogP contribution in [0.1, 0.15) is 17.4 Å². The highest BCUT2D eigenvalue weighted by atomic mass is 32.2. The number of benzene rings is 2. The number of thiazole rings is 1. The number of sulfonamides is 1. The molecule has 0 radical (unpaired) electrons. The van der Waals surface area contributed by atoms with E-state index < -0.39 is 38.6 Å². The maximum absolute atomic E-state index is 13.2. The molecule has 1 amide bonds. The molecule has 0 spiro atoms. The third-order valence-electron chi connectivity index (χ3n) is 4.60. The number of aromatic nitrogens is 1. The first-order chi connectivity index (χ1) is 15.4. The summed E-state index contributed by atoms with van der Waals surface area (Å²) in [4.78, 5) is 16.8. The molecule has 0 unspecified atom stereocenters. The summed E-state index contributed by atoms with van der Waals surface area (Å²) in [5.41, 5.74) is 0.109. The van der Waals surface area contributed by atoms with Crippen LogP contribution in [0.15, 0.2) is 53.4 Å². The van der Waals surface area contributed by atoms with Crippen molar-refractivity contribution < 1.29 is 31.1 Å². The quantitative estimate of drug-likeness (QED) is 0.501. The van der Waals surface area contributed by atoms with Gasteiger partial charge in [-0.05, 0) is 50.2 Å². The Hall–Kier alpha value is -2.96. The van der Waals surface area contributed by atoms with Crippen LogP contribution in [0, 0.1) is 6.92 Å². The molecule has 2 N–H and O–H groups in total. The van der Waals surface area contributed by atoms with E-state index in [0.717, 1.165) is 22.6 Å². The minimum absolute atomic E-state index is 0.227. The van der Waals surface area contributed by atoms with Crippen LogP contribution in [0.25, 0.3) is 11.3 Å². The van der Waals surface area contributed by atoms with Gasteiger partial charge in [0.15, 0.2) is 5.13 Å². The van der Waals surface area contributed by atoms with E-state index in [9.17, 15) is 26.4 Å². The molecule has 1 atom stereocenters. The molecule has 33 heavy (non-hydrogen) atoms. The van der Waals surface area contributed by atoms with Crippen LogP contribution in [0.5, 0.6) is 5.75 Å². The summed E-state index contributed by atoms with van der Waals surface area (Å²) < 4.78 is 71.8. The molecular formula is C21H20F3N3O4S2. The van der Waals surface area contributed by atoms with Gasteiger partial charge in [-0.15, -0.1) is 11.3 Å². The van der Waals surface area contributed by atoms with Crippen molar-refractivity contribution >= 4 is 32.4 Å². The highest BCUT2D eigenvalue weighted by Gasteiger charge is 2.37. The number of alkyl halides is 3. The van der Waals surface area contributed by atoms with E-state index >= 15 is 0 Å². The number of ether oxygens (including phenoxy) is 1. The monoisotopic (exact) mass is 499 g/mol. The Bertz CT molecular complexity index is 1260. The Morgan fingerprint density at radius 3 is 2.36 bits per heavy atom. The lowest BCUT2D eigenvalue weighted by molar-refractivity contribution is -0.139. The predicted octanol–water partition coefficient (Wildman–Crippen LogP) is 4.45. The summed E-state index contributed by atoms with van der Waals surface area (Å²) in [5.74, 6) is -0.0912. The Morgan fingerprint density at radius 2 is 1.76 bits per heavy atom. The average molecular weight is 500 g/mol. The number of carbonyl (C=O) groups is 1. The van der Waals surface area contributed by atoms with Crippen molar-refractivity contribution in [2.45, 2.75) is 31.0 Å². The van der Waals surface area contributed by atoms with E-state index in [1.807, 2.05) is 11.6 Å². The van der Waals surface area contributed by atoms with Gasteiger partial charge in [-0.25, -0.2) is 13.4 Å². The lowest BCUT2D eigenvalue weighted by Gasteiger charge is -2.16. The van der Waals surface area contributed by atoms with Crippen LogP contribution in [0.2, 0.25) is 0 Å². The normalized spacial score (nSPS) is 12.9. The number of amides is 1. The second-order valence-electron chi connectivity index (χ2n) is 6.98. The molecule has 1 heterocycles. The van der Waals surface area contributed by atoms with Gasteiger partial charge in [0.2, 0.25) is 15.9 Å². The van der Waals surface area contributed by atoms with Crippen LogP contribution >= 0.6 is 11.3 Å². The maximum atomic E-state index is 13.2. The second-order valence-corrected chi connectivity index (χ2v) is 9.86. The van der Waals surface area contributed by atoms with Crippen LogP contribution in [0.4, 0.5) is 18.3 Å². The minimum Gasteiger partial charge on any atom is -0.497 e. The molecule has 0 bridgehead atoms. The largest absolute Gasteiger partial charge is 0.497 e. The van der Waals surface area contributed by atoms with Crippen molar-refractivity contribution in [2.24, 2.45) is 0 Å². The maximum Gasteiger partial charge on any atom is 0.417 e. The number of carbonyl (C=O) groups excluding carboxylic acids is 1. The molecular weight excluding hydrogens is 479 g/mol. The molecule has 1 aromatic heterocycles. The van der Waals surface area contributed by atoms with Gasteiger partial charge >= 0.3 is 6.18 Å². The zero-order valence-electron chi connectivity index (χ0n) is 17.7. The molecule has 0 saturated carbocycles. The first-order valence-electron chi connectivity index (χ1n) is 9.53. The molecule has 2 aromatic carbocycles. The lowest BCUT2D eigenvalue weighted by Crippen LogP contribution is -2.42. The van der Waals surface area contributed by atoms with Crippen molar-refractivity contribution in [3.8, 4) is 17.0 Å². The lowest BCUT2D eigenvalue weighted by atomic mass is 10.1. The van der Waals surface area contributed by atoms with Gasteiger partial charge in [-0.2, -0.15) is 17.9 Å². The van der Waals surface area contributed by atoms with Crippen molar-refractivity contribution in [3.05, 3.63) is 59.0 Å². The van der Waals surface area contributed by atoms with E-state index in [0.29, 0.717) is 17.5 Å². The Labute approximate surface area is 192 Å². The fraction of sp³-hybridized carbons (Fsp3) is 0.238. The number of rotatable bonds is 7. The summed E-state index contributed by atoms with van der Waals surface area (Å²) in [6.07, 6.45) is -4.87. The van der Waals surface area contributed by atoms with Crippen molar-refractivity contribution in [2.75, 3.05) is 12.4 Å². The standard InChI is InChI=1S/C21H20F3N3O4S2/c1-12(27-33(29,30)17-7-5-4-6-16(17)21(22,23)24)19(28)26-20-25-18(13(2)32-20)14-8-10-15(31-3)11-9-14/h4-12,27H,1-3H3,(H,25,26,28)/t12-/m0/s1. The van der Waals surface area contributed by atoms with Crippen LogP contribution < -0.4 is 14.8 Å². The molecule has 7 nitrogen and oxygen atoms in total. The van der Waals surface area contributed by atoms with Gasteiger partial charge in [0.1, 0.15) is 5.75 Å². The highest BCUT2D eigenvalue weighted by molar-refractivity contribution is 7.89. The molecule has 3 rings (SSSR count). The highest BCUT2D eigenvalue weighted by Crippen LogP contribution is 2.34. The van der Waals surface area contributed by atoms with Gasteiger partial charge in [-0.1, -0.05) is 12.1 Å². The van der Waals surface area contributed by atoms with Gasteiger partial charge in [0.05, 0.1) is 29.3 Å². The third kappa shape index (κ3) is 5.70. The molecule has 0 aliphatic carbocycles. The number of methoxy groups -OCH3 is 1. The first kappa shape index (κ1) is 24.7. The predicted molar refractivity (Wildman–Crippen MR) is 119 cm³/mol. The van der Waals surface area contributed by atoms with Gasteiger partial charge < -0.3 is 10.1 Å². The number of aryl methyl sites for hydroxylation is 1. The summed E-state index contributed by atoms with van der Waals surface area (Å²) in [6, 6.07) is 9.55. The minimum atomic E-state index is -4.87. The zero-order chi connectivity index (χ0) is 24.4. The summed E-state index contributed by atoms with van der Waals surface area (Å²) >= 11 is 1.18. The SMILES string of the molecule is COc1ccc(-c2nc(NC(=O)[C@H](C)NS(=O)(=O)c3ccccc3C(F)(F)F)sc2C)cc1. The van der Waals surface area contributed by atoms with E-state index in [1.54, 1.807) is 31.4 Å². The van der Waals surface area contributed by atoms with Crippen molar-refractivity contribution in [1.82, 2.24) is 9.71 Å². The van der Waals surface area contributed by atoms with E-state index in [1.165, 1.54) is 24.3 Å². The molecule has 3 aromatic rings. The van der Waals surface area contributed by atoms with Crippen LogP contribution in [-0.2, 0) is 21.0 Å². The van der Waals surface area contributed by atoms with E-state index in [2.05, 4.69) is 10.3 Å². The number of hydrogen-bond acceptors (Lipinski definition) is 6. The fourth-order valence-electron chi connectivity index (χ4n) is 2.97. The number of nitrogens with zero attached hydrogens (tertiary/aromatic N) is 1. The second kappa shape index (κ2) is 9.49. The van der Waals surface area contributed by atoms with Crippen LogP contribution in [-0.4, -0.2) is 32.5 Å². The van der Waals surface area contributed by atoms with E-state index in [-0.39, 0.29) is 5.13 Å². The summed E-state index contributed by atoms with van der Waals surface area (Å²) in [5, 5.41) is 2.74. The Morgan fingerprint density at radius 1 is 1.12 bits per heavy atom. The van der Waals surface area contributed by atoms with Crippen molar-refractivity contribution in [3.63, 3.8) is 0 Å².